The van der Waals surface area contributed by atoms with Crippen LogP contribution in [0, 0.1) is 5.92 Å². The highest BCUT2D eigenvalue weighted by atomic mass is 35.5. The molecule has 6 nitrogen and oxygen atoms in total. The number of amides is 1. The highest BCUT2D eigenvalue weighted by molar-refractivity contribution is 6.30. The van der Waals surface area contributed by atoms with Gasteiger partial charge in [0.25, 0.3) is 5.56 Å². The van der Waals surface area contributed by atoms with E-state index in [0.29, 0.717) is 22.0 Å². The van der Waals surface area contributed by atoms with Gasteiger partial charge in [-0.25, -0.2) is 0 Å². The molecule has 0 radical (unpaired) electrons. The maximum atomic E-state index is 13.3. The number of halogens is 1. The van der Waals surface area contributed by atoms with Crippen LogP contribution in [0.4, 0.5) is 5.69 Å². The minimum absolute atomic E-state index is 0.165. The summed E-state index contributed by atoms with van der Waals surface area (Å²) in [6.45, 7) is 1.62. The number of nitrogens with one attached hydrogen (secondary N) is 3. The Morgan fingerprint density at radius 3 is 2.50 bits per heavy atom. The van der Waals surface area contributed by atoms with Crippen LogP contribution in [0.5, 0.6) is 0 Å². The summed E-state index contributed by atoms with van der Waals surface area (Å²) in [5.41, 5.74) is 0.806. The third-order valence-electron chi connectivity index (χ3n) is 5.30. The lowest BCUT2D eigenvalue weighted by atomic mass is 9.66. The molecule has 2 aromatic carbocycles. The Labute approximate surface area is 166 Å². The summed E-state index contributed by atoms with van der Waals surface area (Å²) in [7, 11) is 0. The van der Waals surface area contributed by atoms with Crippen LogP contribution in [0.3, 0.4) is 0 Å². The number of hydrogen-bond donors (Lipinski definition) is 4. The first-order valence-electron chi connectivity index (χ1n) is 9.00. The number of anilines is 1. The van der Waals surface area contributed by atoms with Gasteiger partial charge in [-0.1, -0.05) is 41.9 Å². The molecule has 0 fully saturated rings. The number of aromatic nitrogens is 2. The van der Waals surface area contributed by atoms with Gasteiger partial charge in [0, 0.05) is 34.3 Å². The van der Waals surface area contributed by atoms with E-state index in [1.807, 2.05) is 18.2 Å². The van der Waals surface area contributed by atoms with E-state index in [2.05, 4.69) is 15.5 Å². The molecule has 0 aliphatic heterocycles. The lowest BCUT2D eigenvalue weighted by molar-refractivity contribution is -0.130. The summed E-state index contributed by atoms with van der Waals surface area (Å²) >= 11 is 6.02. The second-order valence-electron chi connectivity index (χ2n) is 7.37. The predicted molar refractivity (Wildman–Crippen MR) is 108 cm³/mol. The van der Waals surface area contributed by atoms with Crippen molar-refractivity contribution in [2.24, 2.45) is 5.92 Å². The Morgan fingerprint density at radius 1 is 1.14 bits per heavy atom. The molecule has 0 saturated carbocycles. The molecule has 1 aromatic heterocycles. The first-order chi connectivity index (χ1) is 13.4. The average molecular weight is 398 g/mol. The second-order valence-corrected chi connectivity index (χ2v) is 7.80. The SMILES string of the molecule is C[C@]1(O)Cc2[nH][nH]c(=O)c2[C@H](c2ccc(Cl)cc2)[C@H]1C(=O)Nc1ccccc1. The number of benzene rings is 2. The third kappa shape index (κ3) is 3.25. The van der Waals surface area contributed by atoms with Crippen molar-refractivity contribution in [1.29, 1.82) is 0 Å². The third-order valence-corrected chi connectivity index (χ3v) is 5.55. The number of rotatable bonds is 3. The van der Waals surface area contributed by atoms with E-state index in [1.54, 1.807) is 43.3 Å². The van der Waals surface area contributed by atoms with E-state index in [9.17, 15) is 14.7 Å². The Hall–Kier alpha value is -2.83. The molecule has 3 atom stereocenters. The normalized spacial score (nSPS) is 23.8. The van der Waals surface area contributed by atoms with Gasteiger partial charge in [-0.2, -0.15) is 0 Å². The summed E-state index contributed by atoms with van der Waals surface area (Å²) < 4.78 is 0. The molecule has 0 unspecified atom stereocenters. The largest absolute Gasteiger partial charge is 0.389 e. The second kappa shape index (κ2) is 6.96. The van der Waals surface area contributed by atoms with Crippen molar-refractivity contribution >= 4 is 23.2 Å². The monoisotopic (exact) mass is 397 g/mol. The number of aliphatic hydroxyl groups is 1. The van der Waals surface area contributed by atoms with Gasteiger partial charge in [0.15, 0.2) is 0 Å². The van der Waals surface area contributed by atoms with Crippen molar-refractivity contribution < 1.29 is 9.90 Å². The number of aromatic amines is 2. The van der Waals surface area contributed by atoms with Gasteiger partial charge >= 0.3 is 0 Å². The summed E-state index contributed by atoms with van der Waals surface area (Å²) in [5.74, 6) is -1.82. The van der Waals surface area contributed by atoms with Crippen LogP contribution < -0.4 is 10.9 Å². The van der Waals surface area contributed by atoms with Gasteiger partial charge < -0.3 is 15.5 Å². The molecule has 28 heavy (non-hydrogen) atoms. The molecule has 1 aliphatic rings. The predicted octanol–water partition coefficient (Wildman–Crippen LogP) is 3.05. The van der Waals surface area contributed by atoms with Gasteiger partial charge in [-0.05, 0) is 36.8 Å². The molecule has 1 amide bonds. The van der Waals surface area contributed by atoms with Gasteiger partial charge in [-0.3, -0.25) is 14.7 Å². The fourth-order valence-corrected chi connectivity index (χ4v) is 4.20. The van der Waals surface area contributed by atoms with Crippen LogP contribution in [-0.2, 0) is 11.2 Å². The fourth-order valence-electron chi connectivity index (χ4n) is 4.07. The molecule has 0 spiro atoms. The van der Waals surface area contributed by atoms with Gasteiger partial charge in [-0.15, -0.1) is 0 Å². The molecular formula is C21H20ClN3O3. The molecule has 3 aromatic rings. The minimum Gasteiger partial charge on any atom is -0.389 e. The van der Waals surface area contributed by atoms with E-state index in [0.717, 1.165) is 5.56 Å². The van der Waals surface area contributed by atoms with Crippen molar-refractivity contribution in [3.05, 3.63) is 86.8 Å². The van der Waals surface area contributed by atoms with Crippen LogP contribution in [0.15, 0.2) is 59.4 Å². The zero-order chi connectivity index (χ0) is 19.9. The van der Waals surface area contributed by atoms with Crippen LogP contribution in [0.25, 0.3) is 0 Å². The van der Waals surface area contributed by atoms with Crippen molar-refractivity contribution in [2.75, 3.05) is 5.32 Å². The molecule has 7 heteroatoms. The van der Waals surface area contributed by atoms with Crippen molar-refractivity contribution in [1.82, 2.24) is 10.2 Å². The summed E-state index contributed by atoms with van der Waals surface area (Å²) in [6.07, 6.45) is 0.165. The van der Waals surface area contributed by atoms with Crippen LogP contribution >= 0.6 is 11.6 Å². The van der Waals surface area contributed by atoms with Crippen LogP contribution in [0.2, 0.25) is 5.02 Å². The van der Waals surface area contributed by atoms with E-state index in [4.69, 9.17) is 11.6 Å². The highest BCUT2D eigenvalue weighted by Gasteiger charge is 2.50. The topological polar surface area (TPSA) is 98.0 Å². The molecule has 144 valence electrons. The van der Waals surface area contributed by atoms with E-state index in [1.165, 1.54) is 0 Å². The van der Waals surface area contributed by atoms with Crippen LogP contribution in [-0.4, -0.2) is 26.8 Å². The van der Waals surface area contributed by atoms with E-state index in [-0.39, 0.29) is 17.9 Å². The average Bonchev–Trinajstić information content (AvgIpc) is 3.01. The van der Waals surface area contributed by atoms with Crippen molar-refractivity contribution in [2.45, 2.75) is 24.9 Å². The summed E-state index contributed by atoms with van der Waals surface area (Å²) in [5, 5.41) is 20.1. The Bertz CT molecular complexity index is 1050. The van der Waals surface area contributed by atoms with Crippen molar-refractivity contribution in [3.63, 3.8) is 0 Å². The number of carbonyl (C=O) groups is 1. The van der Waals surface area contributed by atoms with Crippen molar-refractivity contribution in [3.8, 4) is 0 Å². The number of para-hydroxylation sites is 1. The molecule has 4 rings (SSSR count). The molecule has 0 saturated heterocycles. The standard InChI is InChI=1S/C21H20ClN3O3/c1-21(28)11-15-17(19(26)25-24-15)16(12-7-9-13(22)10-8-12)18(21)20(27)23-14-5-3-2-4-6-14/h2-10,16,18,28H,11H2,1H3,(H,23,27)(H2,24,25,26)/t16-,18-,21-/m0/s1. The lowest BCUT2D eigenvalue weighted by Gasteiger charge is -2.41. The fraction of sp³-hybridized carbons (Fsp3) is 0.238. The smallest absolute Gasteiger partial charge is 0.267 e. The Morgan fingerprint density at radius 2 is 1.82 bits per heavy atom. The highest BCUT2D eigenvalue weighted by Crippen LogP contribution is 2.44. The number of fused-ring (bicyclic) bond motifs is 1. The Kier molecular flexibility index (Phi) is 4.61. The lowest BCUT2D eigenvalue weighted by Crippen LogP contribution is -2.51. The number of hydrogen-bond acceptors (Lipinski definition) is 3. The molecule has 4 N–H and O–H groups in total. The van der Waals surface area contributed by atoms with E-state index < -0.39 is 17.4 Å². The maximum absolute atomic E-state index is 13.3. The molecule has 0 bridgehead atoms. The Balaban J connectivity index is 1.83. The maximum Gasteiger partial charge on any atom is 0.267 e. The summed E-state index contributed by atoms with van der Waals surface area (Å²) in [6, 6.07) is 16.1. The number of carbonyl (C=O) groups excluding carboxylic acids is 1. The first kappa shape index (κ1) is 18.5. The molecule has 1 aliphatic carbocycles. The molecular weight excluding hydrogens is 378 g/mol. The minimum atomic E-state index is -1.36. The molecule has 1 heterocycles. The zero-order valence-electron chi connectivity index (χ0n) is 15.2. The quantitative estimate of drug-likeness (QED) is 0.546. The van der Waals surface area contributed by atoms with E-state index >= 15 is 0 Å². The van der Waals surface area contributed by atoms with Gasteiger partial charge in [0.1, 0.15) is 0 Å². The summed E-state index contributed by atoms with van der Waals surface area (Å²) in [4.78, 5) is 25.8. The van der Waals surface area contributed by atoms with Gasteiger partial charge in [0.05, 0.1) is 11.5 Å². The number of H-pyrrole nitrogens is 2. The van der Waals surface area contributed by atoms with Crippen LogP contribution in [0.1, 0.15) is 29.7 Å². The first-order valence-corrected chi connectivity index (χ1v) is 9.38. The zero-order valence-corrected chi connectivity index (χ0v) is 16.0. The van der Waals surface area contributed by atoms with Gasteiger partial charge in [0.2, 0.25) is 5.91 Å².